The molecule has 0 fully saturated rings. The predicted molar refractivity (Wildman–Crippen MR) is 64.1 cm³/mol. The van der Waals surface area contributed by atoms with Gasteiger partial charge in [0.05, 0.1) is 17.2 Å². The van der Waals surface area contributed by atoms with Crippen molar-refractivity contribution in [1.29, 1.82) is 5.26 Å². The Morgan fingerprint density at radius 3 is 2.65 bits per heavy atom. The lowest BCUT2D eigenvalue weighted by molar-refractivity contribution is 0.112. The van der Waals surface area contributed by atoms with Crippen LogP contribution >= 0.6 is 0 Å². The molecule has 0 amide bonds. The molecule has 0 saturated carbocycles. The van der Waals surface area contributed by atoms with Crippen molar-refractivity contribution in [3.63, 3.8) is 0 Å². The number of carbonyl (C=O) groups excluding carboxylic acids is 1. The third kappa shape index (κ3) is 2.47. The summed E-state index contributed by atoms with van der Waals surface area (Å²) >= 11 is 0. The maximum Gasteiger partial charge on any atom is 0.153 e. The minimum absolute atomic E-state index is 0.497. The lowest BCUT2D eigenvalue weighted by atomic mass is 10.2. The number of aldehydes is 1. The topological polar surface area (TPSA) is 65.8 Å². The molecule has 0 spiro atoms. The fourth-order valence-corrected chi connectivity index (χ4v) is 1.38. The Bertz CT molecular complexity index is 570. The van der Waals surface area contributed by atoms with Crippen LogP contribution in [0.25, 0.3) is 0 Å². The van der Waals surface area contributed by atoms with Crippen molar-refractivity contribution < 1.29 is 4.79 Å². The lowest BCUT2D eigenvalue weighted by Crippen LogP contribution is -1.97. The first-order chi connectivity index (χ1) is 8.33. The van der Waals surface area contributed by atoms with Crippen LogP contribution in [0.4, 0.5) is 11.5 Å². The van der Waals surface area contributed by atoms with Gasteiger partial charge in [0.1, 0.15) is 5.82 Å². The molecule has 0 radical (unpaired) electrons. The Morgan fingerprint density at radius 1 is 1.24 bits per heavy atom. The predicted octanol–water partition coefficient (Wildman–Crippen LogP) is 2.51. The highest BCUT2D eigenvalue weighted by Crippen LogP contribution is 2.17. The molecule has 0 unspecified atom stereocenters. The van der Waals surface area contributed by atoms with Crippen molar-refractivity contribution in [2.75, 3.05) is 5.32 Å². The smallest absolute Gasteiger partial charge is 0.153 e. The van der Waals surface area contributed by atoms with Crippen LogP contribution in [0.15, 0.2) is 42.6 Å². The monoisotopic (exact) mass is 223 g/mol. The molecule has 0 aliphatic rings. The summed E-state index contributed by atoms with van der Waals surface area (Å²) in [6.45, 7) is 0. The molecule has 4 heteroatoms. The minimum atomic E-state index is 0.497. The number of rotatable bonds is 3. The van der Waals surface area contributed by atoms with Crippen molar-refractivity contribution in [3.8, 4) is 6.07 Å². The van der Waals surface area contributed by atoms with Crippen LogP contribution in [-0.2, 0) is 0 Å². The van der Waals surface area contributed by atoms with E-state index in [0.29, 0.717) is 16.9 Å². The van der Waals surface area contributed by atoms with Gasteiger partial charge in [-0.05, 0) is 36.4 Å². The number of benzene rings is 1. The van der Waals surface area contributed by atoms with E-state index >= 15 is 0 Å². The van der Waals surface area contributed by atoms with Crippen molar-refractivity contribution in [2.24, 2.45) is 0 Å². The first-order valence-corrected chi connectivity index (χ1v) is 5.01. The zero-order valence-electron chi connectivity index (χ0n) is 8.92. The lowest BCUT2D eigenvalue weighted by Gasteiger charge is -2.06. The molecule has 17 heavy (non-hydrogen) atoms. The van der Waals surface area contributed by atoms with E-state index in [0.717, 1.165) is 12.0 Å². The number of anilines is 2. The fraction of sp³-hybridized carbons (Fsp3) is 0. The van der Waals surface area contributed by atoms with E-state index in [9.17, 15) is 4.79 Å². The minimum Gasteiger partial charge on any atom is -0.340 e. The number of nitrogens with zero attached hydrogens (tertiary/aromatic N) is 2. The number of aromatic nitrogens is 1. The standard InChI is InChI=1S/C13H9N3O/c14-8-10-3-5-12(6-4-10)16-13-11(9-17)2-1-7-15-13/h1-7,9H,(H,15,16). The Labute approximate surface area is 98.5 Å². The normalized spacial score (nSPS) is 9.35. The van der Waals surface area contributed by atoms with Gasteiger partial charge < -0.3 is 5.32 Å². The molecule has 1 aromatic heterocycles. The van der Waals surface area contributed by atoms with Crippen molar-refractivity contribution in [2.45, 2.75) is 0 Å². The molecule has 2 rings (SSSR count). The zero-order valence-corrected chi connectivity index (χ0v) is 8.92. The molecule has 0 saturated heterocycles. The number of hydrogen-bond donors (Lipinski definition) is 1. The molecule has 0 bridgehead atoms. The van der Waals surface area contributed by atoms with E-state index in [1.807, 2.05) is 6.07 Å². The van der Waals surface area contributed by atoms with Crippen LogP contribution < -0.4 is 5.32 Å². The summed E-state index contributed by atoms with van der Waals surface area (Å²) in [5.41, 5.74) is 1.87. The first kappa shape index (κ1) is 10.8. The van der Waals surface area contributed by atoms with Gasteiger partial charge in [-0.25, -0.2) is 4.98 Å². The van der Waals surface area contributed by atoms with Crippen LogP contribution in [0.1, 0.15) is 15.9 Å². The molecule has 0 atom stereocenters. The molecule has 1 N–H and O–H groups in total. The highest BCUT2D eigenvalue weighted by Gasteiger charge is 2.02. The van der Waals surface area contributed by atoms with Gasteiger partial charge in [-0.15, -0.1) is 0 Å². The Balaban J connectivity index is 2.25. The maximum atomic E-state index is 10.8. The molecule has 1 aromatic carbocycles. The van der Waals surface area contributed by atoms with Gasteiger partial charge in [-0.3, -0.25) is 4.79 Å². The summed E-state index contributed by atoms with van der Waals surface area (Å²) < 4.78 is 0. The average molecular weight is 223 g/mol. The summed E-state index contributed by atoms with van der Waals surface area (Å²) in [4.78, 5) is 14.9. The number of carbonyl (C=O) groups is 1. The number of hydrogen-bond acceptors (Lipinski definition) is 4. The number of nitrogens with one attached hydrogen (secondary N) is 1. The number of nitriles is 1. The third-order valence-electron chi connectivity index (χ3n) is 2.24. The van der Waals surface area contributed by atoms with Crippen molar-refractivity contribution >= 4 is 17.8 Å². The zero-order chi connectivity index (χ0) is 12.1. The molecule has 1 heterocycles. The molecule has 82 valence electrons. The van der Waals surface area contributed by atoms with Crippen molar-refractivity contribution in [1.82, 2.24) is 4.98 Å². The van der Waals surface area contributed by atoms with Gasteiger partial charge in [0.2, 0.25) is 0 Å². The van der Waals surface area contributed by atoms with Crippen LogP contribution in [0.3, 0.4) is 0 Å². The van der Waals surface area contributed by atoms with Crippen LogP contribution in [0.5, 0.6) is 0 Å². The number of pyridine rings is 1. The van der Waals surface area contributed by atoms with Gasteiger partial charge in [0.15, 0.2) is 6.29 Å². The summed E-state index contributed by atoms with van der Waals surface area (Å²) in [6, 6.07) is 12.4. The second-order valence-electron chi connectivity index (χ2n) is 3.37. The fourth-order valence-electron chi connectivity index (χ4n) is 1.38. The quantitative estimate of drug-likeness (QED) is 0.812. The Morgan fingerprint density at radius 2 is 2.00 bits per heavy atom. The Kier molecular flexibility index (Phi) is 3.13. The highest BCUT2D eigenvalue weighted by atomic mass is 16.1. The van der Waals surface area contributed by atoms with Gasteiger partial charge in [0, 0.05) is 11.9 Å². The summed E-state index contributed by atoms with van der Waals surface area (Å²) in [7, 11) is 0. The van der Waals surface area contributed by atoms with Crippen molar-refractivity contribution in [3.05, 3.63) is 53.7 Å². The van der Waals surface area contributed by atoms with Gasteiger partial charge in [-0.1, -0.05) is 0 Å². The molecule has 0 aliphatic carbocycles. The van der Waals surface area contributed by atoms with E-state index < -0.39 is 0 Å². The highest BCUT2D eigenvalue weighted by molar-refractivity contribution is 5.83. The van der Waals surface area contributed by atoms with Gasteiger partial charge in [0.25, 0.3) is 0 Å². The SMILES string of the molecule is N#Cc1ccc(Nc2ncccc2C=O)cc1. The third-order valence-corrected chi connectivity index (χ3v) is 2.24. The van der Waals surface area contributed by atoms with E-state index in [2.05, 4.69) is 10.3 Å². The summed E-state index contributed by atoms with van der Waals surface area (Å²) in [5, 5.41) is 11.7. The van der Waals surface area contributed by atoms with Gasteiger partial charge >= 0.3 is 0 Å². The summed E-state index contributed by atoms with van der Waals surface area (Å²) in [6.07, 6.45) is 2.36. The van der Waals surface area contributed by atoms with Crippen LogP contribution in [0.2, 0.25) is 0 Å². The molecule has 4 nitrogen and oxygen atoms in total. The second-order valence-corrected chi connectivity index (χ2v) is 3.37. The molecular formula is C13H9N3O. The molecular weight excluding hydrogens is 214 g/mol. The molecule has 2 aromatic rings. The average Bonchev–Trinajstić information content (AvgIpc) is 2.40. The maximum absolute atomic E-state index is 10.8. The van der Waals surface area contributed by atoms with E-state index in [1.165, 1.54) is 0 Å². The van der Waals surface area contributed by atoms with Crippen LogP contribution in [-0.4, -0.2) is 11.3 Å². The van der Waals surface area contributed by atoms with Gasteiger partial charge in [-0.2, -0.15) is 5.26 Å². The van der Waals surface area contributed by atoms with Crippen LogP contribution in [0, 0.1) is 11.3 Å². The van der Waals surface area contributed by atoms with E-state index in [4.69, 9.17) is 5.26 Å². The second kappa shape index (κ2) is 4.90. The Hall–Kier alpha value is -2.67. The summed E-state index contributed by atoms with van der Waals surface area (Å²) in [5.74, 6) is 0.507. The first-order valence-electron chi connectivity index (χ1n) is 5.01. The largest absolute Gasteiger partial charge is 0.340 e. The molecule has 0 aliphatic heterocycles. The van der Waals surface area contributed by atoms with E-state index in [-0.39, 0.29) is 0 Å². The van der Waals surface area contributed by atoms with E-state index in [1.54, 1.807) is 42.6 Å².